The van der Waals surface area contributed by atoms with Crippen LogP contribution in [0.1, 0.15) is 43.4 Å². The predicted octanol–water partition coefficient (Wildman–Crippen LogP) is 3.83. The first-order valence-electron chi connectivity index (χ1n) is 6.27. The van der Waals surface area contributed by atoms with Crippen molar-refractivity contribution < 1.29 is 0 Å². The molecule has 1 heterocycles. The van der Waals surface area contributed by atoms with Crippen molar-refractivity contribution in [1.82, 2.24) is 5.32 Å². The van der Waals surface area contributed by atoms with E-state index in [9.17, 15) is 0 Å². The van der Waals surface area contributed by atoms with Gasteiger partial charge in [-0.2, -0.15) is 0 Å². The molecule has 86 valence electrons. The lowest BCUT2D eigenvalue weighted by Crippen LogP contribution is -2.40. The van der Waals surface area contributed by atoms with Crippen molar-refractivity contribution >= 4 is 15.9 Å². The lowest BCUT2D eigenvalue weighted by atomic mass is 9.72. The molecule has 0 aromatic heterocycles. The molecule has 1 N–H and O–H groups in total. The molecule has 1 nitrogen and oxygen atoms in total. The summed E-state index contributed by atoms with van der Waals surface area (Å²) >= 11 is 3.59. The molecule has 1 aliphatic heterocycles. The maximum Gasteiger partial charge on any atom is 0.0383 e. The van der Waals surface area contributed by atoms with Gasteiger partial charge in [0.2, 0.25) is 0 Å². The molecule has 1 saturated heterocycles. The standard InChI is InChI=1S/C14H18BrN/c1-2-14-6-3-7-16-13(14)12-8-11(15)5-4-10(12)9-14/h4-5,8,13,16H,2-3,6-7,9H2,1H3/t13-,14+/m0/s1. The van der Waals surface area contributed by atoms with Gasteiger partial charge in [-0.3, -0.25) is 0 Å². The van der Waals surface area contributed by atoms with E-state index in [1.54, 1.807) is 5.56 Å². The Kier molecular flexibility index (Phi) is 2.60. The summed E-state index contributed by atoms with van der Waals surface area (Å²) in [5.74, 6) is 0. The average molecular weight is 280 g/mol. The van der Waals surface area contributed by atoms with Crippen molar-refractivity contribution in [3.63, 3.8) is 0 Å². The first kappa shape index (κ1) is 10.8. The second-order valence-electron chi connectivity index (χ2n) is 5.23. The third-order valence-electron chi connectivity index (χ3n) is 4.48. The van der Waals surface area contributed by atoms with Crippen LogP contribution in [0.25, 0.3) is 0 Å². The quantitative estimate of drug-likeness (QED) is 0.824. The van der Waals surface area contributed by atoms with Gasteiger partial charge in [-0.15, -0.1) is 0 Å². The van der Waals surface area contributed by atoms with Gasteiger partial charge in [-0.1, -0.05) is 28.9 Å². The van der Waals surface area contributed by atoms with Gasteiger partial charge in [0.05, 0.1) is 0 Å². The number of fused-ring (bicyclic) bond motifs is 3. The zero-order chi connectivity index (χ0) is 11.2. The van der Waals surface area contributed by atoms with E-state index in [-0.39, 0.29) is 0 Å². The maximum absolute atomic E-state index is 3.74. The van der Waals surface area contributed by atoms with E-state index in [1.807, 2.05) is 0 Å². The lowest BCUT2D eigenvalue weighted by Gasteiger charge is -2.40. The van der Waals surface area contributed by atoms with E-state index in [2.05, 4.69) is 46.4 Å². The Morgan fingerprint density at radius 3 is 3.19 bits per heavy atom. The summed E-state index contributed by atoms with van der Waals surface area (Å²) in [6.07, 6.45) is 5.27. The Morgan fingerprint density at radius 2 is 2.38 bits per heavy atom. The summed E-state index contributed by atoms with van der Waals surface area (Å²) < 4.78 is 1.21. The van der Waals surface area contributed by atoms with Crippen LogP contribution in [0.2, 0.25) is 0 Å². The van der Waals surface area contributed by atoms with Crippen LogP contribution < -0.4 is 5.32 Å². The molecule has 1 fully saturated rings. The topological polar surface area (TPSA) is 12.0 Å². The van der Waals surface area contributed by atoms with Gasteiger partial charge < -0.3 is 5.32 Å². The second-order valence-corrected chi connectivity index (χ2v) is 6.14. The number of rotatable bonds is 1. The van der Waals surface area contributed by atoms with Crippen LogP contribution in [0.5, 0.6) is 0 Å². The molecule has 2 aliphatic rings. The second kappa shape index (κ2) is 3.85. The van der Waals surface area contributed by atoms with Gasteiger partial charge in [0.25, 0.3) is 0 Å². The highest BCUT2D eigenvalue weighted by Gasteiger charge is 2.45. The third-order valence-corrected chi connectivity index (χ3v) is 4.97. The van der Waals surface area contributed by atoms with Crippen molar-refractivity contribution in [1.29, 1.82) is 0 Å². The largest absolute Gasteiger partial charge is 0.309 e. The van der Waals surface area contributed by atoms with Gasteiger partial charge in [-0.25, -0.2) is 0 Å². The Bertz CT molecular complexity index is 415. The maximum atomic E-state index is 3.74. The highest BCUT2D eigenvalue weighted by molar-refractivity contribution is 9.10. The monoisotopic (exact) mass is 279 g/mol. The molecule has 0 bridgehead atoms. The van der Waals surface area contributed by atoms with Gasteiger partial charge in [0.1, 0.15) is 0 Å². The molecule has 2 atom stereocenters. The predicted molar refractivity (Wildman–Crippen MR) is 70.5 cm³/mol. The molecule has 0 spiro atoms. The van der Waals surface area contributed by atoms with E-state index >= 15 is 0 Å². The summed E-state index contributed by atoms with van der Waals surface area (Å²) in [6.45, 7) is 3.53. The average Bonchev–Trinajstić information content (AvgIpc) is 2.64. The van der Waals surface area contributed by atoms with E-state index in [0.717, 1.165) is 0 Å². The molecule has 0 saturated carbocycles. The third kappa shape index (κ3) is 1.46. The van der Waals surface area contributed by atoms with Crippen LogP contribution in [0.3, 0.4) is 0 Å². The zero-order valence-electron chi connectivity index (χ0n) is 9.72. The molecule has 1 aromatic rings. The number of nitrogens with one attached hydrogen (secondary N) is 1. The van der Waals surface area contributed by atoms with Crippen LogP contribution >= 0.6 is 15.9 Å². The van der Waals surface area contributed by atoms with E-state index < -0.39 is 0 Å². The molecule has 1 aliphatic carbocycles. The number of hydrogen-bond donors (Lipinski definition) is 1. The minimum Gasteiger partial charge on any atom is -0.309 e. The SMILES string of the molecule is CC[C@]12CCCN[C@H]1c1cc(Br)ccc1C2. The minimum atomic E-state index is 0.501. The molecule has 2 heteroatoms. The van der Waals surface area contributed by atoms with Gasteiger partial charge in [0.15, 0.2) is 0 Å². The van der Waals surface area contributed by atoms with Crippen LogP contribution in [0, 0.1) is 5.41 Å². The fourth-order valence-electron chi connectivity index (χ4n) is 3.56. The fourth-order valence-corrected chi connectivity index (χ4v) is 3.94. The Balaban J connectivity index is 2.07. The molecular formula is C14H18BrN. The summed E-state index contributed by atoms with van der Waals surface area (Å²) in [6, 6.07) is 7.39. The summed E-state index contributed by atoms with van der Waals surface area (Å²) in [4.78, 5) is 0. The highest BCUT2D eigenvalue weighted by Crippen LogP contribution is 2.52. The Labute approximate surface area is 106 Å². The lowest BCUT2D eigenvalue weighted by molar-refractivity contribution is 0.146. The number of halogens is 1. The Hall–Kier alpha value is -0.340. The van der Waals surface area contributed by atoms with Gasteiger partial charge >= 0.3 is 0 Å². The molecule has 0 amide bonds. The van der Waals surface area contributed by atoms with Crippen LogP contribution in [-0.2, 0) is 6.42 Å². The number of piperidine rings is 1. The zero-order valence-corrected chi connectivity index (χ0v) is 11.3. The molecule has 1 aromatic carbocycles. The van der Waals surface area contributed by atoms with Crippen LogP contribution in [-0.4, -0.2) is 6.54 Å². The van der Waals surface area contributed by atoms with Crippen LogP contribution in [0.4, 0.5) is 0 Å². The van der Waals surface area contributed by atoms with E-state index in [0.29, 0.717) is 11.5 Å². The normalized spacial score (nSPS) is 32.2. The molecule has 0 radical (unpaired) electrons. The minimum absolute atomic E-state index is 0.501. The number of benzene rings is 1. The van der Waals surface area contributed by atoms with E-state index in [4.69, 9.17) is 0 Å². The first-order valence-corrected chi connectivity index (χ1v) is 7.06. The van der Waals surface area contributed by atoms with Gasteiger partial charge in [0, 0.05) is 10.5 Å². The molecule has 3 rings (SSSR count). The van der Waals surface area contributed by atoms with Gasteiger partial charge in [-0.05, 0) is 60.9 Å². The van der Waals surface area contributed by atoms with E-state index in [1.165, 1.54) is 42.3 Å². The first-order chi connectivity index (χ1) is 7.75. The highest BCUT2D eigenvalue weighted by atomic mass is 79.9. The molecule has 0 unspecified atom stereocenters. The van der Waals surface area contributed by atoms with Crippen molar-refractivity contribution in [3.8, 4) is 0 Å². The van der Waals surface area contributed by atoms with Crippen LogP contribution in [0.15, 0.2) is 22.7 Å². The number of hydrogen-bond acceptors (Lipinski definition) is 1. The smallest absolute Gasteiger partial charge is 0.0383 e. The Morgan fingerprint density at radius 1 is 1.50 bits per heavy atom. The van der Waals surface area contributed by atoms with Crippen molar-refractivity contribution in [2.75, 3.05) is 6.54 Å². The molecule has 16 heavy (non-hydrogen) atoms. The van der Waals surface area contributed by atoms with Crippen molar-refractivity contribution in [3.05, 3.63) is 33.8 Å². The fraction of sp³-hybridized carbons (Fsp3) is 0.571. The molecular weight excluding hydrogens is 262 g/mol. The van der Waals surface area contributed by atoms with Crippen molar-refractivity contribution in [2.45, 2.75) is 38.6 Å². The van der Waals surface area contributed by atoms with Crippen molar-refractivity contribution in [2.24, 2.45) is 5.41 Å². The summed E-state index contributed by atoms with van der Waals surface area (Å²) in [5, 5.41) is 3.74. The summed E-state index contributed by atoms with van der Waals surface area (Å²) in [7, 11) is 0. The summed E-state index contributed by atoms with van der Waals surface area (Å²) in [5.41, 5.74) is 3.60.